The molecule has 134 valence electrons. The van der Waals surface area contributed by atoms with Crippen LogP contribution >= 0.6 is 0 Å². The van der Waals surface area contributed by atoms with Gasteiger partial charge in [0, 0.05) is 24.4 Å². The van der Waals surface area contributed by atoms with Crippen molar-refractivity contribution in [1.82, 2.24) is 19.8 Å². The van der Waals surface area contributed by atoms with Crippen LogP contribution in [0.5, 0.6) is 0 Å². The van der Waals surface area contributed by atoms with Gasteiger partial charge in [-0.25, -0.2) is 4.68 Å². The number of fused-ring (bicyclic) bond motifs is 2. The van der Waals surface area contributed by atoms with Gasteiger partial charge in [0.2, 0.25) is 5.91 Å². The number of likely N-dealkylation sites (N-methyl/N-ethyl adjacent to an activating group) is 1. The highest BCUT2D eigenvalue weighted by Crippen LogP contribution is 2.24. The third kappa shape index (κ3) is 3.00. The van der Waals surface area contributed by atoms with E-state index < -0.39 is 0 Å². The van der Waals surface area contributed by atoms with Crippen molar-refractivity contribution in [3.05, 3.63) is 57.8 Å². The molecular weight excluding hydrogens is 332 g/mol. The maximum absolute atomic E-state index is 12.6. The van der Waals surface area contributed by atoms with Crippen molar-refractivity contribution in [1.29, 1.82) is 0 Å². The number of carbonyl (C=O) groups is 1. The van der Waals surface area contributed by atoms with Crippen LogP contribution in [0, 0.1) is 0 Å². The second-order valence-electron chi connectivity index (χ2n) is 6.68. The number of benzene rings is 1. The molecule has 1 aliphatic rings. The molecule has 1 aromatic carbocycles. The van der Waals surface area contributed by atoms with E-state index >= 15 is 0 Å². The van der Waals surface area contributed by atoms with E-state index in [1.54, 1.807) is 30.3 Å². The highest BCUT2D eigenvalue weighted by atomic mass is 16.5. The molecule has 4 rings (SSSR count). The van der Waals surface area contributed by atoms with Gasteiger partial charge < -0.3 is 9.42 Å². The minimum atomic E-state index is -0.260. The molecule has 0 saturated heterocycles. The number of amides is 1. The molecule has 1 aliphatic carbocycles. The molecule has 3 aromatic rings. The normalized spacial score (nSPS) is 13.6. The van der Waals surface area contributed by atoms with E-state index in [4.69, 9.17) is 4.52 Å². The second kappa shape index (κ2) is 6.74. The lowest BCUT2D eigenvalue weighted by molar-refractivity contribution is -0.131. The molecule has 2 heterocycles. The van der Waals surface area contributed by atoms with Crippen LogP contribution in [0.15, 0.2) is 39.8 Å². The molecular formula is C19H20N4O3. The third-order valence-corrected chi connectivity index (χ3v) is 4.89. The molecule has 2 aromatic heterocycles. The fourth-order valence-electron chi connectivity index (χ4n) is 3.38. The first-order valence-electron chi connectivity index (χ1n) is 8.78. The van der Waals surface area contributed by atoms with E-state index in [1.807, 2.05) is 12.1 Å². The maximum Gasteiger partial charge on any atom is 0.275 e. The first kappa shape index (κ1) is 16.5. The van der Waals surface area contributed by atoms with Crippen molar-refractivity contribution in [3.63, 3.8) is 0 Å². The lowest BCUT2D eigenvalue weighted by atomic mass is 9.96. The number of aromatic nitrogens is 3. The number of aryl methyl sites for hydroxylation is 1. The Hall–Kier alpha value is -2.96. The van der Waals surface area contributed by atoms with Crippen LogP contribution in [0.4, 0.5) is 0 Å². The van der Waals surface area contributed by atoms with Gasteiger partial charge in [-0.05, 0) is 25.3 Å². The molecule has 0 atom stereocenters. The molecule has 7 nitrogen and oxygen atoms in total. The average molecular weight is 352 g/mol. The zero-order valence-electron chi connectivity index (χ0n) is 14.6. The Kier molecular flexibility index (Phi) is 4.28. The summed E-state index contributed by atoms with van der Waals surface area (Å²) in [6, 6.07) is 7.22. The minimum absolute atomic E-state index is 0.0970. The summed E-state index contributed by atoms with van der Waals surface area (Å²) in [6.07, 6.45) is 5.71. The molecule has 26 heavy (non-hydrogen) atoms. The number of hydrogen-bond acceptors (Lipinski definition) is 5. The second-order valence-corrected chi connectivity index (χ2v) is 6.68. The number of hydrogen-bond donors (Lipinski definition) is 0. The molecule has 0 aliphatic heterocycles. The molecule has 0 radical (unpaired) electrons. The summed E-state index contributed by atoms with van der Waals surface area (Å²) < 4.78 is 6.61. The molecule has 0 bridgehead atoms. The summed E-state index contributed by atoms with van der Waals surface area (Å²) in [5.41, 5.74) is 1.69. The van der Waals surface area contributed by atoms with E-state index in [2.05, 4.69) is 10.3 Å². The molecule has 0 spiro atoms. The summed E-state index contributed by atoms with van der Waals surface area (Å²) in [6.45, 7) is 0.278. The summed E-state index contributed by atoms with van der Waals surface area (Å²) in [5, 5.41) is 9.58. The topological polar surface area (TPSA) is 81.2 Å². The van der Waals surface area contributed by atoms with E-state index in [0.717, 1.165) is 48.1 Å². The molecule has 1 amide bonds. The van der Waals surface area contributed by atoms with E-state index in [-0.39, 0.29) is 18.0 Å². The van der Waals surface area contributed by atoms with Gasteiger partial charge in [0.05, 0.1) is 18.1 Å². The Bertz CT molecular complexity index is 1020. The van der Waals surface area contributed by atoms with E-state index in [9.17, 15) is 9.59 Å². The zero-order chi connectivity index (χ0) is 18.1. The van der Waals surface area contributed by atoms with Crippen molar-refractivity contribution in [2.75, 3.05) is 7.05 Å². The Balaban J connectivity index is 1.50. The van der Waals surface area contributed by atoms with Crippen LogP contribution < -0.4 is 5.56 Å². The first-order chi connectivity index (χ1) is 12.6. The predicted octanol–water partition coefficient (Wildman–Crippen LogP) is 1.92. The van der Waals surface area contributed by atoms with E-state index in [0.29, 0.717) is 11.9 Å². The van der Waals surface area contributed by atoms with Crippen molar-refractivity contribution >= 4 is 16.7 Å². The lowest BCUT2D eigenvalue weighted by Gasteiger charge is -2.17. The Morgan fingerprint density at radius 2 is 2.08 bits per heavy atom. The average Bonchev–Trinajstić information content (AvgIpc) is 3.07. The van der Waals surface area contributed by atoms with Gasteiger partial charge >= 0.3 is 0 Å². The van der Waals surface area contributed by atoms with Crippen LogP contribution in [0.25, 0.3) is 10.8 Å². The summed E-state index contributed by atoms with van der Waals surface area (Å²) >= 11 is 0. The smallest absolute Gasteiger partial charge is 0.275 e. The largest absolute Gasteiger partial charge is 0.361 e. The van der Waals surface area contributed by atoms with Gasteiger partial charge in [0.1, 0.15) is 18.0 Å². The molecule has 7 heteroatoms. The number of rotatable bonds is 4. The summed E-state index contributed by atoms with van der Waals surface area (Å²) in [4.78, 5) is 26.6. The van der Waals surface area contributed by atoms with Crippen molar-refractivity contribution in [2.45, 2.75) is 38.8 Å². The SMILES string of the molecule is CN(Cc1noc2c1CCCC2)C(=O)Cn1ncc2ccccc2c1=O. The quantitative estimate of drug-likeness (QED) is 0.716. The van der Waals surface area contributed by atoms with Gasteiger partial charge in [0.15, 0.2) is 0 Å². The fourth-order valence-corrected chi connectivity index (χ4v) is 3.38. The van der Waals surface area contributed by atoms with Crippen LogP contribution in [0.1, 0.15) is 29.9 Å². The molecule has 0 saturated carbocycles. The monoisotopic (exact) mass is 352 g/mol. The van der Waals surface area contributed by atoms with Gasteiger partial charge in [-0.2, -0.15) is 5.10 Å². The first-order valence-corrected chi connectivity index (χ1v) is 8.78. The van der Waals surface area contributed by atoms with Crippen molar-refractivity contribution in [3.8, 4) is 0 Å². The van der Waals surface area contributed by atoms with Crippen molar-refractivity contribution < 1.29 is 9.32 Å². The van der Waals surface area contributed by atoms with E-state index in [1.165, 1.54) is 4.68 Å². The molecule has 0 N–H and O–H groups in total. The third-order valence-electron chi connectivity index (χ3n) is 4.89. The highest BCUT2D eigenvalue weighted by molar-refractivity contribution is 5.81. The fraction of sp³-hybridized carbons (Fsp3) is 0.368. The van der Waals surface area contributed by atoms with Gasteiger partial charge in [0.25, 0.3) is 5.56 Å². The molecule has 0 unspecified atom stereocenters. The van der Waals surface area contributed by atoms with Crippen molar-refractivity contribution in [2.24, 2.45) is 0 Å². The maximum atomic E-state index is 12.6. The van der Waals surface area contributed by atoms with Crippen LogP contribution in [0.2, 0.25) is 0 Å². The van der Waals surface area contributed by atoms with Gasteiger partial charge in [-0.3, -0.25) is 9.59 Å². The predicted molar refractivity (Wildman–Crippen MR) is 95.6 cm³/mol. The lowest BCUT2D eigenvalue weighted by Crippen LogP contribution is -2.35. The van der Waals surface area contributed by atoms with Crippen LogP contribution in [-0.2, 0) is 30.7 Å². The number of nitrogens with zero attached hydrogens (tertiary/aromatic N) is 4. The zero-order valence-corrected chi connectivity index (χ0v) is 14.6. The standard InChI is InChI=1S/C19H20N4O3/c1-22(11-16-15-8-4-5-9-17(15)26-21-16)18(24)12-23-19(25)14-7-3-2-6-13(14)10-20-23/h2-3,6-7,10H,4-5,8-9,11-12H2,1H3. The van der Waals surface area contributed by atoms with Gasteiger partial charge in [-0.1, -0.05) is 23.4 Å². The summed E-state index contributed by atoms with van der Waals surface area (Å²) in [7, 11) is 1.71. The minimum Gasteiger partial charge on any atom is -0.361 e. The van der Waals surface area contributed by atoms with Gasteiger partial charge in [-0.15, -0.1) is 0 Å². The Morgan fingerprint density at radius 1 is 1.27 bits per heavy atom. The Morgan fingerprint density at radius 3 is 2.96 bits per heavy atom. The Labute approximate surface area is 150 Å². The molecule has 0 fully saturated rings. The summed E-state index contributed by atoms with van der Waals surface area (Å²) in [5.74, 6) is 0.752. The highest BCUT2D eigenvalue weighted by Gasteiger charge is 2.22. The van der Waals surface area contributed by atoms with Crippen LogP contribution in [0.3, 0.4) is 0 Å². The number of carbonyl (C=O) groups excluding carboxylic acids is 1. The van der Waals surface area contributed by atoms with Crippen LogP contribution in [-0.4, -0.2) is 32.8 Å².